The minimum Gasteiger partial charge on any atom is -0.357 e. The number of rotatable bonds is 3. The topological polar surface area (TPSA) is 42.1 Å². The van der Waals surface area contributed by atoms with Crippen molar-refractivity contribution in [2.45, 2.75) is 39.7 Å². The highest BCUT2D eigenvalue weighted by molar-refractivity contribution is 5.42. The molecule has 2 heterocycles. The standard InChI is InChI=1S/C15H25N3/c1-11(2)13-5-8-18(9-6-13)15-10-14(12(3)16)4-7-17-15/h4,7,10-13H,5-6,8-9,16H2,1-3H3. The number of nitrogens with zero attached hydrogens (tertiary/aromatic N) is 2. The highest BCUT2D eigenvalue weighted by Crippen LogP contribution is 2.27. The molecule has 3 heteroatoms. The van der Waals surface area contributed by atoms with Gasteiger partial charge in [0, 0.05) is 25.3 Å². The van der Waals surface area contributed by atoms with E-state index in [1.807, 2.05) is 19.2 Å². The lowest BCUT2D eigenvalue weighted by Gasteiger charge is -2.34. The second-order valence-electron chi connectivity index (χ2n) is 5.80. The van der Waals surface area contributed by atoms with Crippen LogP contribution in [0, 0.1) is 11.8 Å². The summed E-state index contributed by atoms with van der Waals surface area (Å²) >= 11 is 0. The first kappa shape index (κ1) is 13.3. The molecule has 0 radical (unpaired) electrons. The van der Waals surface area contributed by atoms with Crippen LogP contribution in [-0.4, -0.2) is 18.1 Å². The van der Waals surface area contributed by atoms with Crippen molar-refractivity contribution in [2.24, 2.45) is 17.6 Å². The van der Waals surface area contributed by atoms with Gasteiger partial charge in [-0.15, -0.1) is 0 Å². The largest absolute Gasteiger partial charge is 0.357 e. The minimum atomic E-state index is 0.0833. The normalized spacial score (nSPS) is 19.3. The fourth-order valence-corrected chi connectivity index (χ4v) is 2.69. The molecule has 1 fully saturated rings. The smallest absolute Gasteiger partial charge is 0.128 e. The zero-order chi connectivity index (χ0) is 13.1. The third-order valence-corrected chi connectivity index (χ3v) is 4.10. The summed E-state index contributed by atoms with van der Waals surface area (Å²) in [6, 6.07) is 4.23. The summed E-state index contributed by atoms with van der Waals surface area (Å²) in [6.45, 7) is 8.92. The average molecular weight is 247 g/mol. The van der Waals surface area contributed by atoms with E-state index < -0.39 is 0 Å². The van der Waals surface area contributed by atoms with Crippen LogP contribution in [0.3, 0.4) is 0 Å². The van der Waals surface area contributed by atoms with E-state index in [1.54, 1.807) is 0 Å². The third kappa shape index (κ3) is 3.02. The van der Waals surface area contributed by atoms with Gasteiger partial charge >= 0.3 is 0 Å². The first-order valence-electron chi connectivity index (χ1n) is 7.04. The molecule has 1 unspecified atom stereocenters. The molecule has 0 bridgehead atoms. The van der Waals surface area contributed by atoms with Crippen LogP contribution >= 0.6 is 0 Å². The van der Waals surface area contributed by atoms with Crippen LogP contribution in [0.1, 0.15) is 45.2 Å². The first-order chi connectivity index (χ1) is 8.58. The summed E-state index contributed by atoms with van der Waals surface area (Å²) in [5.74, 6) is 2.76. The Labute approximate surface area is 110 Å². The molecule has 0 saturated carbocycles. The van der Waals surface area contributed by atoms with Crippen molar-refractivity contribution >= 4 is 5.82 Å². The van der Waals surface area contributed by atoms with Crippen molar-refractivity contribution < 1.29 is 0 Å². The Bertz CT molecular complexity index is 379. The van der Waals surface area contributed by atoms with Gasteiger partial charge in [-0.2, -0.15) is 0 Å². The van der Waals surface area contributed by atoms with Crippen LogP contribution in [-0.2, 0) is 0 Å². The Morgan fingerprint density at radius 3 is 2.50 bits per heavy atom. The molecule has 2 N–H and O–H groups in total. The fraction of sp³-hybridized carbons (Fsp3) is 0.667. The Hall–Kier alpha value is -1.09. The Morgan fingerprint density at radius 2 is 1.94 bits per heavy atom. The summed E-state index contributed by atoms with van der Waals surface area (Å²) in [7, 11) is 0. The zero-order valence-electron chi connectivity index (χ0n) is 11.8. The monoisotopic (exact) mass is 247 g/mol. The van der Waals surface area contributed by atoms with Gasteiger partial charge in [-0.3, -0.25) is 0 Å². The van der Waals surface area contributed by atoms with Crippen LogP contribution in [0.5, 0.6) is 0 Å². The summed E-state index contributed by atoms with van der Waals surface area (Å²) in [5, 5.41) is 0. The molecule has 1 saturated heterocycles. The van der Waals surface area contributed by atoms with Gasteiger partial charge < -0.3 is 10.6 Å². The lowest BCUT2D eigenvalue weighted by molar-refractivity contribution is 0.310. The van der Waals surface area contributed by atoms with Crippen LogP contribution < -0.4 is 10.6 Å². The second-order valence-corrected chi connectivity index (χ2v) is 5.80. The van der Waals surface area contributed by atoms with E-state index in [0.29, 0.717) is 0 Å². The lowest BCUT2D eigenvalue weighted by Crippen LogP contribution is -2.35. The summed E-state index contributed by atoms with van der Waals surface area (Å²) in [4.78, 5) is 6.88. The highest BCUT2D eigenvalue weighted by atomic mass is 15.2. The molecule has 1 aliphatic heterocycles. The van der Waals surface area contributed by atoms with Gasteiger partial charge in [0.2, 0.25) is 0 Å². The summed E-state index contributed by atoms with van der Waals surface area (Å²) in [5.41, 5.74) is 7.10. The highest BCUT2D eigenvalue weighted by Gasteiger charge is 2.22. The molecule has 0 amide bonds. The zero-order valence-corrected chi connectivity index (χ0v) is 11.8. The molecule has 2 rings (SSSR count). The van der Waals surface area contributed by atoms with Crippen molar-refractivity contribution in [3.05, 3.63) is 23.9 Å². The summed E-state index contributed by atoms with van der Waals surface area (Å²) in [6.07, 6.45) is 4.44. The van der Waals surface area contributed by atoms with Crippen molar-refractivity contribution in [1.82, 2.24) is 4.98 Å². The van der Waals surface area contributed by atoms with Crippen LogP contribution in [0.2, 0.25) is 0 Å². The van der Waals surface area contributed by atoms with Crippen molar-refractivity contribution in [3.63, 3.8) is 0 Å². The number of nitrogens with two attached hydrogens (primary N) is 1. The maximum Gasteiger partial charge on any atom is 0.128 e. The molecule has 0 aliphatic carbocycles. The molecular formula is C15H25N3. The molecule has 0 spiro atoms. The molecule has 1 aromatic heterocycles. The SMILES string of the molecule is CC(N)c1ccnc(N2CCC(C(C)C)CC2)c1. The van der Waals surface area contributed by atoms with Gasteiger partial charge in [-0.25, -0.2) is 4.98 Å². The molecule has 3 nitrogen and oxygen atoms in total. The van der Waals surface area contributed by atoms with Crippen molar-refractivity contribution in [3.8, 4) is 0 Å². The van der Waals surface area contributed by atoms with E-state index >= 15 is 0 Å². The fourth-order valence-electron chi connectivity index (χ4n) is 2.69. The van der Waals surface area contributed by atoms with E-state index in [0.717, 1.165) is 30.7 Å². The van der Waals surface area contributed by atoms with Crippen LogP contribution in [0.15, 0.2) is 18.3 Å². The Morgan fingerprint density at radius 1 is 1.28 bits per heavy atom. The lowest BCUT2D eigenvalue weighted by atomic mass is 9.87. The number of hydrogen-bond donors (Lipinski definition) is 1. The van der Waals surface area contributed by atoms with E-state index in [1.165, 1.54) is 18.4 Å². The van der Waals surface area contributed by atoms with Gasteiger partial charge in [-0.1, -0.05) is 13.8 Å². The van der Waals surface area contributed by atoms with Crippen LogP contribution in [0.4, 0.5) is 5.82 Å². The maximum absolute atomic E-state index is 5.93. The number of hydrogen-bond acceptors (Lipinski definition) is 3. The van der Waals surface area contributed by atoms with Crippen LogP contribution in [0.25, 0.3) is 0 Å². The van der Waals surface area contributed by atoms with Crippen molar-refractivity contribution in [1.29, 1.82) is 0 Å². The van der Waals surface area contributed by atoms with Gasteiger partial charge in [0.25, 0.3) is 0 Å². The predicted octanol–water partition coefficient (Wildman–Crippen LogP) is 2.97. The maximum atomic E-state index is 5.93. The number of aromatic nitrogens is 1. The molecule has 1 atom stereocenters. The van der Waals surface area contributed by atoms with E-state index in [-0.39, 0.29) is 6.04 Å². The van der Waals surface area contributed by atoms with E-state index in [4.69, 9.17) is 5.73 Å². The third-order valence-electron chi connectivity index (χ3n) is 4.10. The number of anilines is 1. The van der Waals surface area contributed by atoms with Gasteiger partial charge in [0.1, 0.15) is 5.82 Å². The Balaban J connectivity index is 2.03. The quantitative estimate of drug-likeness (QED) is 0.893. The molecule has 100 valence electrons. The Kier molecular flexibility index (Phi) is 4.23. The van der Waals surface area contributed by atoms with E-state index in [9.17, 15) is 0 Å². The van der Waals surface area contributed by atoms with Crippen molar-refractivity contribution in [2.75, 3.05) is 18.0 Å². The molecule has 18 heavy (non-hydrogen) atoms. The van der Waals surface area contributed by atoms with Gasteiger partial charge in [0.15, 0.2) is 0 Å². The summed E-state index contributed by atoms with van der Waals surface area (Å²) < 4.78 is 0. The molecule has 1 aliphatic rings. The number of piperidine rings is 1. The average Bonchev–Trinajstić information content (AvgIpc) is 2.39. The molecule has 0 aromatic carbocycles. The second kappa shape index (κ2) is 5.70. The van der Waals surface area contributed by atoms with E-state index in [2.05, 4.69) is 29.8 Å². The molecule has 1 aromatic rings. The first-order valence-corrected chi connectivity index (χ1v) is 7.04. The van der Waals surface area contributed by atoms with Gasteiger partial charge in [0.05, 0.1) is 0 Å². The predicted molar refractivity (Wildman–Crippen MR) is 76.6 cm³/mol. The minimum absolute atomic E-state index is 0.0833. The number of pyridine rings is 1. The molecular weight excluding hydrogens is 222 g/mol. The van der Waals surface area contributed by atoms with Gasteiger partial charge in [-0.05, 0) is 49.3 Å².